The monoisotopic (exact) mass is 388 g/mol. The largest absolute Gasteiger partial charge is 0.357 e. The first-order valence-electron chi connectivity index (χ1n) is 9.77. The van der Waals surface area contributed by atoms with Gasteiger partial charge in [-0.15, -0.1) is 12.8 Å². The van der Waals surface area contributed by atoms with E-state index in [4.69, 9.17) is 22.3 Å². The Bertz CT molecular complexity index is 1200. The van der Waals surface area contributed by atoms with Gasteiger partial charge in [-0.2, -0.15) is 0 Å². The van der Waals surface area contributed by atoms with Gasteiger partial charge in [0.15, 0.2) is 11.2 Å². The van der Waals surface area contributed by atoms with E-state index in [1.54, 1.807) is 14.2 Å². The van der Waals surface area contributed by atoms with Crippen LogP contribution >= 0.6 is 0 Å². The lowest BCUT2D eigenvalue weighted by Crippen LogP contribution is -2.43. The number of benzene rings is 4. The molecule has 4 aromatic carbocycles. The third-order valence-corrected chi connectivity index (χ3v) is 6.31. The van der Waals surface area contributed by atoms with E-state index in [1.807, 2.05) is 24.3 Å². The normalized spacial score (nSPS) is 22.1. The first-order chi connectivity index (χ1) is 14.6. The van der Waals surface area contributed by atoms with Crippen molar-refractivity contribution in [1.82, 2.24) is 0 Å². The molecule has 0 spiro atoms. The molecule has 5 rings (SSSR count). The number of terminal acetylenes is 2. The van der Waals surface area contributed by atoms with Crippen LogP contribution in [-0.2, 0) is 20.7 Å². The number of methoxy groups -OCH3 is 2. The highest BCUT2D eigenvalue weighted by atomic mass is 16.5. The Morgan fingerprint density at radius 2 is 0.833 bits per heavy atom. The Hall–Kier alpha value is -3.56. The van der Waals surface area contributed by atoms with Gasteiger partial charge in [0.25, 0.3) is 0 Å². The molecule has 0 bridgehead atoms. The second kappa shape index (κ2) is 6.48. The van der Waals surface area contributed by atoms with E-state index in [2.05, 4.69) is 60.4 Å². The molecule has 0 saturated carbocycles. The summed E-state index contributed by atoms with van der Waals surface area (Å²) in [5.74, 6) is 5.90. The molecular weight excluding hydrogens is 368 g/mol. The molecular formula is C28H20O2. The van der Waals surface area contributed by atoms with Crippen LogP contribution in [-0.4, -0.2) is 14.2 Å². The van der Waals surface area contributed by atoms with E-state index in [-0.39, 0.29) is 0 Å². The summed E-state index contributed by atoms with van der Waals surface area (Å²) in [4.78, 5) is 0. The smallest absolute Gasteiger partial charge is 0.179 e. The van der Waals surface area contributed by atoms with Gasteiger partial charge in [0.2, 0.25) is 0 Å². The summed E-state index contributed by atoms with van der Waals surface area (Å²) in [7, 11) is 3.29. The zero-order valence-corrected chi connectivity index (χ0v) is 16.9. The molecule has 2 heteroatoms. The summed E-state index contributed by atoms with van der Waals surface area (Å²) >= 11 is 0. The number of ether oxygens (including phenoxy) is 2. The van der Waals surface area contributed by atoms with Crippen LogP contribution in [0.5, 0.6) is 0 Å². The minimum absolute atomic E-state index is 0.841. The summed E-state index contributed by atoms with van der Waals surface area (Å²) in [5, 5.41) is 4.27. The molecule has 0 aromatic heterocycles. The molecule has 1 aliphatic carbocycles. The zero-order valence-electron chi connectivity index (χ0n) is 16.9. The molecule has 144 valence electrons. The minimum atomic E-state index is -1.07. The van der Waals surface area contributed by atoms with Gasteiger partial charge < -0.3 is 9.47 Å². The Balaban J connectivity index is 2.01. The molecule has 0 N–H and O–H groups in total. The van der Waals surface area contributed by atoms with Crippen molar-refractivity contribution >= 4 is 21.5 Å². The topological polar surface area (TPSA) is 18.5 Å². The first kappa shape index (κ1) is 18.5. The van der Waals surface area contributed by atoms with Crippen LogP contribution < -0.4 is 0 Å². The lowest BCUT2D eigenvalue weighted by atomic mass is 9.66. The summed E-state index contributed by atoms with van der Waals surface area (Å²) < 4.78 is 12.2. The van der Waals surface area contributed by atoms with Crippen LogP contribution in [0.4, 0.5) is 0 Å². The maximum atomic E-state index is 6.17. The number of fused-ring (bicyclic) bond motifs is 4. The van der Waals surface area contributed by atoms with Crippen molar-refractivity contribution in [2.75, 3.05) is 14.2 Å². The second-order valence-electron chi connectivity index (χ2n) is 7.55. The maximum absolute atomic E-state index is 6.17. The first-order valence-corrected chi connectivity index (χ1v) is 9.77. The van der Waals surface area contributed by atoms with Crippen molar-refractivity contribution in [3.8, 4) is 24.7 Å². The molecule has 0 unspecified atom stereocenters. The van der Waals surface area contributed by atoms with Crippen LogP contribution in [0.25, 0.3) is 21.5 Å². The molecule has 30 heavy (non-hydrogen) atoms. The van der Waals surface area contributed by atoms with E-state index in [9.17, 15) is 0 Å². The average molecular weight is 388 g/mol. The molecule has 2 nitrogen and oxygen atoms in total. The van der Waals surface area contributed by atoms with E-state index in [1.165, 1.54) is 0 Å². The van der Waals surface area contributed by atoms with Crippen LogP contribution in [0.2, 0.25) is 0 Å². The van der Waals surface area contributed by atoms with Crippen molar-refractivity contribution < 1.29 is 9.47 Å². The lowest BCUT2D eigenvalue weighted by Gasteiger charge is -2.44. The molecule has 0 amide bonds. The van der Waals surface area contributed by atoms with Crippen LogP contribution in [0.1, 0.15) is 22.3 Å². The number of hydrogen-bond donors (Lipinski definition) is 0. The van der Waals surface area contributed by atoms with Crippen LogP contribution in [0.3, 0.4) is 0 Å². The highest BCUT2D eigenvalue weighted by molar-refractivity contribution is 5.89. The van der Waals surface area contributed by atoms with Crippen LogP contribution in [0, 0.1) is 24.7 Å². The van der Waals surface area contributed by atoms with E-state index < -0.39 is 11.2 Å². The predicted molar refractivity (Wildman–Crippen MR) is 121 cm³/mol. The van der Waals surface area contributed by atoms with Crippen LogP contribution in [0.15, 0.2) is 72.8 Å². The van der Waals surface area contributed by atoms with Gasteiger partial charge >= 0.3 is 0 Å². The zero-order chi connectivity index (χ0) is 20.9. The highest BCUT2D eigenvalue weighted by Gasteiger charge is 2.50. The summed E-state index contributed by atoms with van der Waals surface area (Å²) in [6.45, 7) is 0. The van der Waals surface area contributed by atoms with Gasteiger partial charge in [0, 0.05) is 36.5 Å². The van der Waals surface area contributed by atoms with Gasteiger partial charge in [-0.3, -0.25) is 0 Å². The van der Waals surface area contributed by atoms with Gasteiger partial charge in [-0.05, 0) is 45.8 Å². The van der Waals surface area contributed by atoms with Crippen molar-refractivity contribution in [3.05, 3.63) is 95.1 Å². The third-order valence-electron chi connectivity index (χ3n) is 6.31. The molecule has 0 saturated heterocycles. The molecule has 0 heterocycles. The van der Waals surface area contributed by atoms with Crippen molar-refractivity contribution in [1.29, 1.82) is 0 Å². The molecule has 4 aromatic rings. The molecule has 1 aliphatic rings. The van der Waals surface area contributed by atoms with Gasteiger partial charge in [0.1, 0.15) is 0 Å². The van der Waals surface area contributed by atoms with E-state index in [0.29, 0.717) is 0 Å². The fourth-order valence-electron chi connectivity index (χ4n) is 4.80. The fraction of sp³-hybridized carbons (Fsp3) is 0.143. The fourth-order valence-corrected chi connectivity index (χ4v) is 4.80. The molecule has 0 fully saturated rings. The van der Waals surface area contributed by atoms with Gasteiger partial charge in [0.05, 0.1) is 0 Å². The molecule has 0 atom stereocenters. The van der Waals surface area contributed by atoms with Gasteiger partial charge in [-0.25, -0.2) is 0 Å². The third kappa shape index (κ3) is 2.18. The predicted octanol–water partition coefficient (Wildman–Crippen LogP) is 5.35. The quantitative estimate of drug-likeness (QED) is 0.431. The Kier molecular flexibility index (Phi) is 3.99. The van der Waals surface area contributed by atoms with Gasteiger partial charge in [-0.1, -0.05) is 60.4 Å². The Labute approximate surface area is 176 Å². The lowest BCUT2D eigenvalue weighted by molar-refractivity contribution is 0.0335. The average Bonchev–Trinajstić information content (AvgIpc) is 2.81. The van der Waals surface area contributed by atoms with Crippen molar-refractivity contribution in [3.63, 3.8) is 0 Å². The highest BCUT2D eigenvalue weighted by Crippen LogP contribution is 2.52. The number of hydrogen-bond acceptors (Lipinski definition) is 2. The summed E-state index contributed by atoms with van der Waals surface area (Å²) in [5.41, 5.74) is 1.22. The van der Waals surface area contributed by atoms with E-state index in [0.717, 1.165) is 43.8 Å². The standard InChI is InChI=1S/C28H20O2/c1-5-27(29-3)23-15-19-11-7-9-13-21(19)17-25(23)28(6-2,30-4)26-18-22-14-10-8-12-20(22)16-24(26)27/h1-2,7-18H,3-4H3. The second-order valence-corrected chi connectivity index (χ2v) is 7.55. The van der Waals surface area contributed by atoms with Crippen molar-refractivity contribution in [2.45, 2.75) is 11.2 Å². The summed E-state index contributed by atoms with van der Waals surface area (Å²) in [6, 6.07) is 24.6. The minimum Gasteiger partial charge on any atom is -0.357 e. The van der Waals surface area contributed by atoms with Crippen molar-refractivity contribution in [2.24, 2.45) is 0 Å². The Morgan fingerprint density at radius 1 is 0.567 bits per heavy atom. The maximum Gasteiger partial charge on any atom is 0.179 e. The Morgan fingerprint density at radius 3 is 1.03 bits per heavy atom. The molecule has 0 aliphatic heterocycles. The molecule has 0 radical (unpaired) electrons. The SMILES string of the molecule is C#CC1(OC)c2cc3ccccc3cc2C(C#C)(OC)c2cc3ccccc3cc21. The van der Waals surface area contributed by atoms with E-state index >= 15 is 0 Å². The summed E-state index contributed by atoms with van der Waals surface area (Å²) in [6.07, 6.45) is 12.3. The number of rotatable bonds is 2.